The average molecular weight is 226 g/mol. The molecule has 2 N–H and O–H groups in total. The number of hydrogen-bond acceptors (Lipinski definition) is 3. The molecule has 1 aromatic carbocycles. The molecular formula is C12H19FN2O. The Hall–Kier alpha value is -1.13. The van der Waals surface area contributed by atoms with Crippen LogP contribution >= 0.6 is 0 Å². The molecule has 0 amide bonds. The standard InChI is InChI=1S/C12H19FN2O/c1-9(14)11-5-4-10(13)8-12(11)16-7-6-15(2)3/h4-5,8-9H,6-7,14H2,1-3H3. The lowest BCUT2D eigenvalue weighted by Crippen LogP contribution is -2.20. The van der Waals surface area contributed by atoms with Crippen molar-refractivity contribution >= 4 is 0 Å². The van der Waals surface area contributed by atoms with Gasteiger partial charge in [-0.15, -0.1) is 0 Å². The predicted octanol–water partition coefficient (Wildman–Crippen LogP) is 1.79. The van der Waals surface area contributed by atoms with Crippen LogP contribution in [0, 0.1) is 5.82 Å². The van der Waals surface area contributed by atoms with Gasteiger partial charge in [0.1, 0.15) is 18.2 Å². The third-order valence-electron chi connectivity index (χ3n) is 2.26. The Labute approximate surface area is 96.0 Å². The van der Waals surface area contributed by atoms with E-state index in [1.54, 1.807) is 6.07 Å². The van der Waals surface area contributed by atoms with E-state index in [1.807, 2.05) is 25.9 Å². The van der Waals surface area contributed by atoms with E-state index in [2.05, 4.69) is 0 Å². The average Bonchev–Trinajstić information content (AvgIpc) is 2.16. The summed E-state index contributed by atoms with van der Waals surface area (Å²) in [7, 11) is 3.92. The summed E-state index contributed by atoms with van der Waals surface area (Å²) < 4.78 is 18.6. The van der Waals surface area contributed by atoms with Gasteiger partial charge < -0.3 is 15.4 Å². The van der Waals surface area contributed by atoms with E-state index in [-0.39, 0.29) is 11.9 Å². The van der Waals surface area contributed by atoms with E-state index in [9.17, 15) is 4.39 Å². The van der Waals surface area contributed by atoms with Crippen LogP contribution in [0.1, 0.15) is 18.5 Å². The predicted molar refractivity (Wildman–Crippen MR) is 63.1 cm³/mol. The van der Waals surface area contributed by atoms with Gasteiger partial charge in [0.05, 0.1) is 0 Å². The minimum absolute atomic E-state index is 0.157. The Bertz CT molecular complexity index is 340. The Morgan fingerprint density at radius 2 is 2.12 bits per heavy atom. The van der Waals surface area contributed by atoms with Crippen LogP contribution in [0.25, 0.3) is 0 Å². The molecule has 90 valence electrons. The number of halogens is 1. The Morgan fingerprint density at radius 3 is 2.69 bits per heavy atom. The van der Waals surface area contributed by atoms with Gasteiger partial charge in [0.25, 0.3) is 0 Å². The normalized spacial score (nSPS) is 12.9. The number of hydrogen-bond donors (Lipinski definition) is 1. The summed E-state index contributed by atoms with van der Waals surface area (Å²) in [6, 6.07) is 4.30. The van der Waals surface area contributed by atoms with Gasteiger partial charge in [-0.05, 0) is 27.1 Å². The Balaban J connectivity index is 2.72. The van der Waals surface area contributed by atoms with Crippen LogP contribution in [-0.4, -0.2) is 32.1 Å². The zero-order valence-electron chi connectivity index (χ0n) is 10.0. The first-order valence-corrected chi connectivity index (χ1v) is 5.33. The Morgan fingerprint density at radius 1 is 1.44 bits per heavy atom. The number of ether oxygens (including phenoxy) is 1. The van der Waals surface area contributed by atoms with Gasteiger partial charge in [-0.1, -0.05) is 6.07 Å². The van der Waals surface area contributed by atoms with Crippen molar-refractivity contribution in [2.45, 2.75) is 13.0 Å². The maximum Gasteiger partial charge on any atom is 0.127 e. The lowest BCUT2D eigenvalue weighted by Gasteiger charge is -2.15. The minimum Gasteiger partial charge on any atom is -0.492 e. The summed E-state index contributed by atoms with van der Waals surface area (Å²) in [5.41, 5.74) is 6.62. The lowest BCUT2D eigenvalue weighted by atomic mass is 10.1. The van der Waals surface area contributed by atoms with Crippen molar-refractivity contribution in [1.82, 2.24) is 4.90 Å². The molecule has 1 atom stereocenters. The molecule has 1 rings (SSSR count). The highest BCUT2D eigenvalue weighted by molar-refractivity contribution is 5.36. The molecule has 0 aromatic heterocycles. The van der Waals surface area contributed by atoms with E-state index in [0.29, 0.717) is 12.4 Å². The van der Waals surface area contributed by atoms with E-state index in [1.165, 1.54) is 12.1 Å². The van der Waals surface area contributed by atoms with Crippen LogP contribution in [0.5, 0.6) is 5.75 Å². The molecule has 3 nitrogen and oxygen atoms in total. The number of benzene rings is 1. The SMILES string of the molecule is CC(N)c1ccc(F)cc1OCCN(C)C. The van der Waals surface area contributed by atoms with Gasteiger partial charge >= 0.3 is 0 Å². The molecule has 0 radical (unpaired) electrons. The molecule has 0 bridgehead atoms. The van der Waals surface area contributed by atoms with E-state index in [0.717, 1.165) is 12.1 Å². The van der Waals surface area contributed by atoms with Crippen LogP contribution in [0.2, 0.25) is 0 Å². The van der Waals surface area contributed by atoms with Gasteiger partial charge in [-0.25, -0.2) is 4.39 Å². The van der Waals surface area contributed by atoms with Gasteiger partial charge in [0, 0.05) is 24.2 Å². The maximum atomic E-state index is 13.1. The topological polar surface area (TPSA) is 38.5 Å². The molecule has 0 heterocycles. The van der Waals surface area contributed by atoms with Crippen LogP contribution in [0.3, 0.4) is 0 Å². The largest absolute Gasteiger partial charge is 0.492 e. The van der Waals surface area contributed by atoms with Crippen molar-refractivity contribution in [3.8, 4) is 5.75 Å². The summed E-state index contributed by atoms with van der Waals surface area (Å²) in [5, 5.41) is 0. The van der Waals surface area contributed by atoms with Crippen molar-refractivity contribution in [3.05, 3.63) is 29.6 Å². The minimum atomic E-state index is -0.302. The second-order valence-electron chi connectivity index (χ2n) is 4.12. The summed E-state index contributed by atoms with van der Waals surface area (Å²) in [5.74, 6) is 0.237. The molecule has 0 aliphatic heterocycles. The molecule has 0 aliphatic rings. The molecule has 16 heavy (non-hydrogen) atoms. The zero-order chi connectivity index (χ0) is 12.1. The van der Waals surface area contributed by atoms with Gasteiger partial charge in [0.2, 0.25) is 0 Å². The summed E-state index contributed by atoms with van der Waals surface area (Å²) in [6.07, 6.45) is 0. The molecule has 0 saturated heterocycles. The molecule has 1 unspecified atom stereocenters. The van der Waals surface area contributed by atoms with Crippen LogP contribution in [-0.2, 0) is 0 Å². The first kappa shape index (κ1) is 12.9. The van der Waals surface area contributed by atoms with Crippen molar-refractivity contribution < 1.29 is 9.13 Å². The highest BCUT2D eigenvalue weighted by atomic mass is 19.1. The van der Waals surface area contributed by atoms with Crippen LogP contribution in [0.4, 0.5) is 4.39 Å². The number of nitrogens with zero attached hydrogens (tertiary/aromatic N) is 1. The fourth-order valence-electron chi connectivity index (χ4n) is 1.35. The summed E-state index contributed by atoms with van der Waals surface area (Å²) >= 11 is 0. The van der Waals surface area contributed by atoms with E-state index in [4.69, 9.17) is 10.5 Å². The monoisotopic (exact) mass is 226 g/mol. The third-order valence-corrected chi connectivity index (χ3v) is 2.26. The van der Waals surface area contributed by atoms with Crippen molar-refractivity contribution in [1.29, 1.82) is 0 Å². The molecule has 0 saturated carbocycles. The molecular weight excluding hydrogens is 207 g/mol. The molecule has 0 spiro atoms. The Kier molecular flexibility index (Phi) is 4.71. The summed E-state index contributed by atoms with van der Waals surface area (Å²) in [4.78, 5) is 2.00. The molecule has 4 heteroatoms. The van der Waals surface area contributed by atoms with E-state index < -0.39 is 0 Å². The molecule has 1 aromatic rings. The second-order valence-corrected chi connectivity index (χ2v) is 4.12. The second kappa shape index (κ2) is 5.82. The lowest BCUT2D eigenvalue weighted by molar-refractivity contribution is 0.258. The maximum absolute atomic E-state index is 13.1. The number of likely N-dealkylation sites (N-methyl/N-ethyl adjacent to an activating group) is 1. The first-order valence-electron chi connectivity index (χ1n) is 5.33. The third kappa shape index (κ3) is 3.79. The fraction of sp³-hybridized carbons (Fsp3) is 0.500. The molecule has 0 fully saturated rings. The fourth-order valence-corrected chi connectivity index (χ4v) is 1.35. The smallest absolute Gasteiger partial charge is 0.127 e. The van der Waals surface area contributed by atoms with E-state index >= 15 is 0 Å². The van der Waals surface area contributed by atoms with Gasteiger partial charge in [-0.3, -0.25) is 0 Å². The van der Waals surface area contributed by atoms with Gasteiger partial charge in [0.15, 0.2) is 0 Å². The van der Waals surface area contributed by atoms with Crippen LogP contribution in [0.15, 0.2) is 18.2 Å². The zero-order valence-corrected chi connectivity index (χ0v) is 10.0. The first-order chi connectivity index (χ1) is 7.50. The van der Waals surface area contributed by atoms with Crippen molar-refractivity contribution in [2.24, 2.45) is 5.73 Å². The van der Waals surface area contributed by atoms with Crippen LogP contribution < -0.4 is 10.5 Å². The number of rotatable bonds is 5. The van der Waals surface area contributed by atoms with Gasteiger partial charge in [-0.2, -0.15) is 0 Å². The number of nitrogens with two attached hydrogens (primary N) is 1. The highest BCUT2D eigenvalue weighted by Gasteiger charge is 2.09. The molecule has 0 aliphatic carbocycles. The van der Waals surface area contributed by atoms with Crippen molar-refractivity contribution in [3.63, 3.8) is 0 Å². The quantitative estimate of drug-likeness (QED) is 0.831. The highest BCUT2D eigenvalue weighted by Crippen LogP contribution is 2.24. The summed E-state index contributed by atoms with van der Waals surface area (Å²) in [6.45, 7) is 3.16. The van der Waals surface area contributed by atoms with Crippen molar-refractivity contribution in [2.75, 3.05) is 27.2 Å².